The van der Waals surface area contributed by atoms with Crippen LogP contribution in [0.2, 0.25) is 0 Å². The maximum absolute atomic E-state index is 12.3. The van der Waals surface area contributed by atoms with Gasteiger partial charge in [0, 0.05) is 32.2 Å². The quantitative estimate of drug-likeness (QED) is 0.596. The maximum Gasteiger partial charge on any atom is 0.224 e. The van der Waals surface area contributed by atoms with Crippen LogP contribution in [0.4, 0.5) is 0 Å². The molecule has 0 aromatic carbocycles. The number of carbonyl (C=O) groups is 2. The summed E-state index contributed by atoms with van der Waals surface area (Å²) < 4.78 is 0. The maximum atomic E-state index is 12.3. The Hall–Kier alpha value is -1.14. The molecule has 2 rings (SSSR count). The van der Waals surface area contributed by atoms with Gasteiger partial charge >= 0.3 is 0 Å². The molecule has 2 fully saturated rings. The zero-order valence-corrected chi connectivity index (χ0v) is 18.3. The SMILES string of the molecule is CCCNC(=O)[C@@H]1CCCN(CC[C@H](C)N2CCC[C@@H](C(=O)NCCC)C2)C1. The van der Waals surface area contributed by atoms with E-state index in [4.69, 9.17) is 0 Å². The van der Waals surface area contributed by atoms with Crippen molar-refractivity contribution < 1.29 is 9.59 Å². The van der Waals surface area contributed by atoms with Gasteiger partial charge in [-0.3, -0.25) is 14.5 Å². The van der Waals surface area contributed by atoms with Gasteiger partial charge in [0.15, 0.2) is 0 Å². The largest absolute Gasteiger partial charge is 0.356 e. The van der Waals surface area contributed by atoms with E-state index in [2.05, 4.69) is 41.2 Å². The number of rotatable bonds is 10. The van der Waals surface area contributed by atoms with Crippen LogP contribution in [0.1, 0.15) is 65.7 Å². The molecule has 0 aliphatic carbocycles. The number of carbonyl (C=O) groups excluding carboxylic acids is 2. The predicted octanol–water partition coefficient (Wildman–Crippen LogP) is 2.24. The number of hydrogen-bond acceptors (Lipinski definition) is 4. The Kier molecular flexibility index (Phi) is 10.3. The van der Waals surface area contributed by atoms with Crippen molar-refractivity contribution in [1.29, 1.82) is 0 Å². The molecule has 2 saturated heterocycles. The molecule has 0 unspecified atom stereocenters. The molecule has 0 bridgehead atoms. The lowest BCUT2D eigenvalue weighted by Gasteiger charge is -2.38. The third-order valence-corrected chi connectivity index (χ3v) is 6.28. The Morgan fingerprint density at radius 1 is 0.929 bits per heavy atom. The number of amides is 2. The van der Waals surface area contributed by atoms with Gasteiger partial charge in [0.2, 0.25) is 11.8 Å². The van der Waals surface area contributed by atoms with Crippen molar-refractivity contribution in [2.75, 3.05) is 45.8 Å². The van der Waals surface area contributed by atoms with Gasteiger partial charge in [0.25, 0.3) is 0 Å². The van der Waals surface area contributed by atoms with Gasteiger partial charge in [-0.1, -0.05) is 13.8 Å². The zero-order valence-electron chi connectivity index (χ0n) is 18.3. The van der Waals surface area contributed by atoms with E-state index in [1.165, 1.54) is 0 Å². The van der Waals surface area contributed by atoms with E-state index in [0.717, 1.165) is 90.8 Å². The third-order valence-electron chi connectivity index (χ3n) is 6.28. The lowest BCUT2D eigenvalue weighted by atomic mass is 9.94. The van der Waals surface area contributed by atoms with Crippen LogP contribution in [0.15, 0.2) is 0 Å². The van der Waals surface area contributed by atoms with Crippen molar-refractivity contribution in [2.45, 2.75) is 71.8 Å². The standard InChI is InChI=1S/C22H42N4O2/c1-4-11-23-21(27)19-8-6-13-25(16-19)15-10-18(3)26-14-7-9-20(17-26)22(28)24-12-5-2/h18-20H,4-17H2,1-3H3,(H,23,27)(H,24,28)/t18-,19+,20+/m0/s1. The molecule has 6 nitrogen and oxygen atoms in total. The molecule has 28 heavy (non-hydrogen) atoms. The van der Waals surface area contributed by atoms with Crippen LogP contribution in [0.5, 0.6) is 0 Å². The minimum Gasteiger partial charge on any atom is -0.356 e. The molecular formula is C22H42N4O2. The third kappa shape index (κ3) is 7.36. The molecule has 0 saturated carbocycles. The first-order chi connectivity index (χ1) is 13.5. The number of piperidine rings is 2. The van der Waals surface area contributed by atoms with E-state index < -0.39 is 0 Å². The van der Waals surface area contributed by atoms with Crippen LogP contribution >= 0.6 is 0 Å². The molecule has 2 amide bonds. The predicted molar refractivity (Wildman–Crippen MR) is 114 cm³/mol. The molecule has 3 atom stereocenters. The monoisotopic (exact) mass is 394 g/mol. The molecular weight excluding hydrogens is 352 g/mol. The van der Waals surface area contributed by atoms with E-state index in [9.17, 15) is 9.59 Å². The highest BCUT2D eigenvalue weighted by Crippen LogP contribution is 2.21. The van der Waals surface area contributed by atoms with Crippen molar-refractivity contribution in [2.24, 2.45) is 11.8 Å². The van der Waals surface area contributed by atoms with Gasteiger partial charge < -0.3 is 15.5 Å². The molecule has 0 aromatic heterocycles. The van der Waals surface area contributed by atoms with Gasteiger partial charge in [-0.05, 0) is 71.5 Å². The Morgan fingerprint density at radius 3 is 2.11 bits per heavy atom. The highest BCUT2D eigenvalue weighted by Gasteiger charge is 2.29. The summed E-state index contributed by atoms with van der Waals surface area (Å²) in [5, 5.41) is 6.12. The Balaban J connectivity index is 1.74. The Bertz CT molecular complexity index is 485. The van der Waals surface area contributed by atoms with Crippen LogP contribution < -0.4 is 10.6 Å². The van der Waals surface area contributed by atoms with Crippen molar-refractivity contribution in [3.63, 3.8) is 0 Å². The second kappa shape index (κ2) is 12.4. The first-order valence-corrected chi connectivity index (χ1v) is 11.6. The van der Waals surface area contributed by atoms with Crippen LogP contribution in [0.25, 0.3) is 0 Å². The van der Waals surface area contributed by atoms with Crippen LogP contribution in [0.3, 0.4) is 0 Å². The second-order valence-corrected chi connectivity index (χ2v) is 8.69. The summed E-state index contributed by atoms with van der Waals surface area (Å²) in [5.74, 6) is 0.758. The Labute approximate surface area is 171 Å². The number of likely N-dealkylation sites (tertiary alicyclic amines) is 2. The smallest absolute Gasteiger partial charge is 0.224 e. The van der Waals surface area contributed by atoms with E-state index in [0.29, 0.717) is 6.04 Å². The average molecular weight is 395 g/mol. The number of nitrogens with one attached hydrogen (secondary N) is 2. The molecule has 162 valence electrons. The summed E-state index contributed by atoms with van der Waals surface area (Å²) >= 11 is 0. The molecule has 0 aromatic rings. The first-order valence-electron chi connectivity index (χ1n) is 11.6. The second-order valence-electron chi connectivity index (χ2n) is 8.69. The van der Waals surface area contributed by atoms with E-state index in [1.807, 2.05) is 0 Å². The van der Waals surface area contributed by atoms with Gasteiger partial charge in [0.1, 0.15) is 0 Å². The van der Waals surface area contributed by atoms with Crippen molar-refractivity contribution >= 4 is 11.8 Å². The minimum atomic E-state index is 0.143. The van der Waals surface area contributed by atoms with Gasteiger partial charge in [0.05, 0.1) is 11.8 Å². The lowest BCUT2D eigenvalue weighted by Crippen LogP contribution is -2.48. The lowest BCUT2D eigenvalue weighted by molar-refractivity contribution is -0.127. The highest BCUT2D eigenvalue weighted by atomic mass is 16.2. The first kappa shape index (κ1) is 23.1. The van der Waals surface area contributed by atoms with Crippen LogP contribution in [-0.4, -0.2) is 73.5 Å². The van der Waals surface area contributed by atoms with Crippen molar-refractivity contribution in [3.05, 3.63) is 0 Å². The summed E-state index contributed by atoms with van der Waals surface area (Å²) in [5.41, 5.74) is 0. The van der Waals surface area contributed by atoms with Gasteiger partial charge in [-0.25, -0.2) is 0 Å². The average Bonchev–Trinajstić information content (AvgIpc) is 2.74. The molecule has 2 aliphatic rings. The fourth-order valence-electron chi connectivity index (χ4n) is 4.43. The summed E-state index contributed by atoms with van der Waals surface area (Å²) in [6.07, 6.45) is 7.34. The summed E-state index contributed by atoms with van der Waals surface area (Å²) in [6, 6.07) is 0.482. The summed E-state index contributed by atoms with van der Waals surface area (Å²) in [7, 11) is 0. The fourth-order valence-corrected chi connectivity index (χ4v) is 4.43. The van der Waals surface area contributed by atoms with E-state index in [1.54, 1.807) is 0 Å². The minimum absolute atomic E-state index is 0.143. The van der Waals surface area contributed by atoms with E-state index >= 15 is 0 Å². The number of hydrogen-bond donors (Lipinski definition) is 2. The topological polar surface area (TPSA) is 64.7 Å². The van der Waals surface area contributed by atoms with Crippen LogP contribution in [-0.2, 0) is 9.59 Å². The molecule has 2 aliphatic heterocycles. The summed E-state index contributed by atoms with van der Waals surface area (Å²) in [4.78, 5) is 29.6. The summed E-state index contributed by atoms with van der Waals surface area (Å²) in [6.45, 7) is 13.1. The Morgan fingerprint density at radius 2 is 1.50 bits per heavy atom. The molecule has 0 spiro atoms. The fraction of sp³-hybridized carbons (Fsp3) is 0.909. The molecule has 2 N–H and O–H groups in total. The molecule has 6 heteroatoms. The van der Waals surface area contributed by atoms with Gasteiger partial charge in [-0.15, -0.1) is 0 Å². The van der Waals surface area contributed by atoms with Crippen molar-refractivity contribution in [3.8, 4) is 0 Å². The number of nitrogens with zero attached hydrogens (tertiary/aromatic N) is 2. The van der Waals surface area contributed by atoms with Gasteiger partial charge in [-0.2, -0.15) is 0 Å². The zero-order chi connectivity index (χ0) is 20.4. The molecule has 0 radical (unpaired) electrons. The molecule has 2 heterocycles. The van der Waals surface area contributed by atoms with Crippen LogP contribution in [0, 0.1) is 11.8 Å². The highest BCUT2D eigenvalue weighted by molar-refractivity contribution is 5.79. The normalized spacial score (nSPS) is 25.2. The van der Waals surface area contributed by atoms with E-state index in [-0.39, 0.29) is 23.7 Å². The van der Waals surface area contributed by atoms with Crippen molar-refractivity contribution in [1.82, 2.24) is 20.4 Å².